The predicted octanol–water partition coefficient (Wildman–Crippen LogP) is -0.533. The van der Waals surface area contributed by atoms with Crippen LogP contribution in [0.3, 0.4) is 0 Å². The molecule has 0 aromatic carbocycles. The number of sulfone groups is 1. The van der Waals surface area contributed by atoms with Gasteiger partial charge in [-0.2, -0.15) is 0 Å². The fourth-order valence-electron chi connectivity index (χ4n) is 0.684. The second kappa shape index (κ2) is 3.70. The first-order chi connectivity index (χ1) is 6.45. The third-order valence-electron chi connectivity index (χ3n) is 1.30. The quantitative estimate of drug-likeness (QED) is 0.486. The molecule has 1 radical (unpaired) electrons. The molecule has 75 valence electrons. The number of methoxy groups -OCH3 is 1. The standard InChI is InChI=1S/C7H7N2O4S/c1-13-6(10)5-3-4-8-7(9-5)14(2,11)12/h3H,1-2H3. The first kappa shape index (κ1) is 10.6. The maximum Gasteiger partial charge on any atom is 0.356 e. The summed E-state index contributed by atoms with van der Waals surface area (Å²) in [5.41, 5.74) is -0.136. The highest BCUT2D eigenvalue weighted by atomic mass is 32.2. The zero-order valence-corrected chi connectivity index (χ0v) is 8.33. The molecule has 0 atom stereocenters. The van der Waals surface area contributed by atoms with E-state index in [9.17, 15) is 13.2 Å². The lowest BCUT2D eigenvalue weighted by Crippen LogP contribution is -2.10. The lowest BCUT2D eigenvalue weighted by Gasteiger charge is -1.99. The summed E-state index contributed by atoms with van der Waals surface area (Å²) in [7, 11) is -2.36. The Balaban J connectivity index is 3.21. The van der Waals surface area contributed by atoms with Crippen LogP contribution in [0.2, 0.25) is 0 Å². The minimum Gasteiger partial charge on any atom is -0.464 e. The average molecular weight is 215 g/mol. The van der Waals surface area contributed by atoms with Crippen LogP contribution in [0.15, 0.2) is 11.2 Å². The zero-order valence-electron chi connectivity index (χ0n) is 7.51. The molecule has 1 rings (SSSR count). The van der Waals surface area contributed by atoms with Crippen molar-refractivity contribution in [2.45, 2.75) is 5.16 Å². The molecule has 0 aliphatic carbocycles. The van der Waals surface area contributed by atoms with Crippen molar-refractivity contribution in [2.75, 3.05) is 13.4 Å². The molecule has 0 aliphatic heterocycles. The normalized spacial score (nSPS) is 11.0. The van der Waals surface area contributed by atoms with Crippen LogP contribution in [0, 0.1) is 6.20 Å². The molecule has 0 fully saturated rings. The molecule has 0 N–H and O–H groups in total. The maximum atomic E-state index is 11.0. The van der Waals surface area contributed by atoms with Gasteiger partial charge in [-0.3, -0.25) is 0 Å². The largest absolute Gasteiger partial charge is 0.464 e. The van der Waals surface area contributed by atoms with Crippen LogP contribution in [0.25, 0.3) is 0 Å². The van der Waals surface area contributed by atoms with Gasteiger partial charge in [0, 0.05) is 6.26 Å². The Morgan fingerprint density at radius 3 is 2.71 bits per heavy atom. The number of rotatable bonds is 2. The van der Waals surface area contributed by atoms with Gasteiger partial charge in [0.2, 0.25) is 15.0 Å². The number of hydrogen-bond acceptors (Lipinski definition) is 6. The van der Waals surface area contributed by atoms with Gasteiger partial charge in [0.25, 0.3) is 0 Å². The second-order valence-corrected chi connectivity index (χ2v) is 4.34. The van der Waals surface area contributed by atoms with Crippen LogP contribution in [0.1, 0.15) is 10.5 Å². The Kier molecular flexibility index (Phi) is 2.80. The second-order valence-electron chi connectivity index (χ2n) is 2.43. The van der Waals surface area contributed by atoms with Crippen LogP contribution in [0.4, 0.5) is 0 Å². The minimum atomic E-state index is -3.53. The summed E-state index contributed by atoms with van der Waals surface area (Å²) < 4.78 is 26.4. The lowest BCUT2D eigenvalue weighted by atomic mass is 10.4. The lowest BCUT2D eigenvalue weighted by molar-refractivity contribution is 0.0592. The van der Waals surface area contributed by atoms with Crippen molar-refractivity contribution in [3.05, 3.63) is 18.0 Å². The number of esters is 1. The van der Waals surface area contributed by atoms with Gasteiger partial charge in [-0.05, 0) is 6.07 Å². The van der Waals surface area contributed by atoms with Crippen LogP contribution in [0.5, 0.6) is 0 Å². The van der Waals surface area contributed by atoms with Crippen molar-refractivity contribution in [2.24, 2.45) is 0 Å². The number of ether oxygens (including phenoxy) is 1. The third-order valence-corrected chi connectivity index (χ3v) is 2.15. The third kappa shape index (κ3) is 2.25. The van der Waals surface area contributed by atoms with E-state index in [0.29, 0.717) is 0 Å². The summed E-state index contributed by atoms with van der Waals surface area (Å²) in [6.07, 6.45) is 3.20. The Hall–Kier alpha value is -1.50. The fourth-order valence-corrected chi connectivity index (χ4v) is 1.17. The monoisotopic (exact) mass is 215 g/mol. The summed E-state index contributed by atoms with van der Waals surface area (Å²) in [6, 6.07) is 1.15. The van der Waals surface area contributed by atoms with E-state index in [2.05, 4.69) is 20.9 Å². The Bertz CT molecular complexity index is 455. The van der Waals surface area contributed by atoms with Crippen molar-refractivity contribution in [1.82, 2.24) is 9.97 Å². The van der Waals surface area contributed by atoms with E-state index < -0.39 is 21.0 Å². The van der Waals surface area contributed by atoms with E-state index in [-0.39, 0.29) is 5.69 Å². The topological polar surface area (TPSA) is 86.2 Å². The van der Waals surface area contributed by atoms with Crippen LogP contribution < -0.4 is 0 Å². The molecule has 0 bridgehead atoms. The summed E-state index contributed by atoms with van der Waals surface area (Å²) in [5.74, 6) is -0.728. The highest BCUT2D eigenvalue weighted by Crippen LogP contribution is 2.02. The number of nitrogens with zero attached hydrogens (tertiary/aromatic N) is 2. The molecule has 1 aromatic heterocycles. The van der Waals surface area contributed by atoms with Crippen LogP contribution >= 0.6 is 0 Å². The average Bonchev–Trinajstić information content (AvgIpc) is 2.15. The molecule has 0 saturated heterocycles. The molecular weight excluding hydrogens is 208 g/mol. The van der Waals surface area contributed by atoms with Crippen molar-refractivity contribution in [1.29, 1.82) is 0 Å². The fraction of sp³-hybridized carbons (Fsp3) is 0.286. The van der Waals surface area contributed by atoms with Gasteiger partial charge in [-0.15, -0.1) is 0 Å². The van der Waals surface area contributed by atoms with Gasteiger partial charge in [-0.1, -0.05) is 0 Å². The van der Waals surface area contributed by atoms with Crippen molar-refractivity contribution >= 4 is 15.8 Å². The first-order valence-corrected chi connectivity index (χ1v) is 5.38. The Morgan fingerprint density at radius 2 is 2.21 bits per heavy atom. The number of carbonyl (C=O) groups excluding carboxylic acids is 1. The van der Waals surface area contributed by atoms with Gasteiger partial charge in [0.15, 0.2) is 5.69 Å². The van der Waals surface area contributed by atoms with E-state index >= 15 is 0 Å². The van der Waals surface area contributed by atoms with E-state index in [4.69, 9.17) is 0 Å². The van der Waals surface area contributed by atoms with E-state index in [1.165, 1.54) is 7.11 Å². The molecule has 0 unspecified atom stereocenters. The van der Waals surface area contributed by atoms with E-state index in [1.54, 1.807) is 0 Å². The van der Waals surface area contributed by atoms with Crippen molar-refractivity contribution in [3.63, 3.8) is 0 Å². The Labute approximate surface area is 80.9 Å². The van der Waals surface area contributed by atoms with Crippen molar-refractivity contribution in [3.8, 4) is 0 Å². The molecule has 14 heavy (non-hydrogen) atoms. The minimum absolute atomic E-state index is 0.136. The van der Waals surface area contributed by atoms with Gasteiger partial charge in [0.1, 0.15) is 0 Å². The molecule has 1 heterocycles. The highest BCUT2D eigenvalue weighted by Gasteiger charge is 2.14. The van der Waals surface area contributed by atoms with E-state index in [0.717, 1.165) is 12.3 Å². The summed E-state index contributed by atoms with van der Waals surface area (Å²) >= 11 is 0. The van der Waals surface area contributed by atoms with E-state index in [1.807, 2.05) is 0 Å². The van der Waals surface area contributed by atoms with Gasteiger partial charge in [0.05, 0.1) is 13.3 Å². The molecule has 0 amide bonds. The molecular formula is C7H7N2O4S. The smallest absolute Gasteiger partial charge is 0.356 e. The summed E-state index contributed by atoms with van der Waals surface area (Å²) in [6.45, 7) is 0. The van der Waals surface area contributed by atoms with Crippen molar-refractivity contribution < 1.29 is 17.9 Å². The molecule has 0 spiro atoms. The summed E-state index contributed by atoms with van der Waals surface area (Å²) in [5, 5.41) is -0.444. The maximum absolute atomic E-state index is 11.0. The highest BCUT2D eigenvalue weighted by molar-refractivity contribution is 7.90. The SMILES string of the molecule is COC(=O)c1c[c]nc(S(C)(=O)=O)n1. The van der Waals surface area contributed by atoms with Crippen LogP contribution in [-0.4, -0.2) is 37.7 Å². The molecule has 0 aliphatic rings. The van der Waals surface area contributed by atoms with Crippen LogP contribution in [-0.2, 0) is 14.6 Å². The number of hydrogen-bond donors (Lipinski definition) is 0. The molecule has 1 aromatic rings. The number of aromatic nitrogens is 2. The summed E-state index contributed by atoms with van der Waals surface area (Å²) in [4.78, 5) is 17.9. The zero-order chi connectivity index (χ0) is 10.8. The first-order valence-electron chi connectivity index (χ1n) is 3.48. The van der Waals surface area contributed by atoms with Gasteiger partial charge < -0.3 is 4.74 Å². The van der Waals surface area contributed by atoms with Gasteiger partial charge >= 0.3 is 5.97 Å². The molecule has 6 nitrogen and oxygen atoms in total. The Morgan fingerprint density at radius 1 is 1.57 bits per heavy atom. The number of carbonyl (C=O) groups is 1. The molecule has 0 saturated carbocycles. The van der Waals surface area contributed by atoms with Gasteiger partial charge in [-0.25, -0.2) is 23.2 Å². The predicted molar refractivity (Wildman–Crippen MR) is 45.3 cm³/mol. The molecule has 7 heteroatoms.